The van der Waals surface area contributed by atoms with E-state index in [4.69, 9.17) is 37.0 Å². The van der Waals surface area contributed by atoms with E-state index in [-0.39, 0.29) is 13.0 Å². The Hall–Kier alpha value is -1.88. The molecule has 0 amide bonds. The number of carboxylic acid groups (broad SMARTS) is 1. The Labute approximate surface area is 132 Å². The standard InChI is InChI=1S/C9H8O3.C5H14N2O4/c10-8(9(11)12)6-7-4-2-1-3-5-7;6-1-2(7)3(8)4(9)5(10)11/h1-5H,6H2,(H,11,12);2-5,8-11H,1,6-7H2. The lowest BCUT2D eigenvalue weighted by Crippen LogP contribution is -2.51. The molecule has 23 heavy (non-hydrogen) atoms. The molecule has 0 aliphatic heterocycles. The van der Waals surface area contributed by atoms with Crippen LogP contribution in [0.3, 0.4) is 0 Å². The molecule has 3 atom stereocenters. The molecule has 1 rings (SSSR count). The summed E-state index contributed by atoms with van der Waals surface area (Å²) in [4.78, 5) is 20.9. The molecule has 0 saturated heterocycles. The van der Waals surface area contributed by atoms with Crippen LogP contribution in [-0.2, 0) is 16.0 Å². The Morgan fingerprint density at radius 1 is 1.00 bits per heavy atom. The van der Waals surface area contributed by atoms with Gasteiger partial charge in [-0.1, -0.05) is 30.3 Å². The summed E-state index contributed by atoms with van der Waals surface area (Å²) in [5, 5.41) is 42.9. The van der Waals surface area contributed by atoms with E-state index in [0.29, 0.717) is 0 Å². The van der Waals surface area contributed by atoms with Gasteiger partial charge in [-0.15, -0.1) is 0 Å². The number of aliphatic hydroxyl groups excluding tert-OH is 3. The Bertz CT molecular complexity index is 481. The molecule has 9 heteroatoms. The van der Waals surface area contributed by atoms with Crippen molar-refractivity contribution < 1.29 is 35.1 Å². The van der Waals surface area contributed by atoms with E-state index < -0.39 is 36.3 Å². The van der Waals surface area contributed by atoms with Crippen LogP contribution in [0.25, 0.3) is 0 Å². The van der Waals surface area contributed by atoms with Crippen molar-refractivity contribution in [1.29, 1.82) is 0 Å². The van der Waals surface area contributed by atoms with Crippen LogP contribution in [0.2, 0.25) is 0 Å². The van der Waals surface area contributed by atoms with Gasteiger partial charge in [-0.05, 0) is 5.56 Å². The summed E-state index contributed by atoms with van der Waals surface area (Å²) in [6.45, 7) is -0.0368. The molecule has 0 spiro atoms. The Morgan fingerprint density at radius 2 is 1.52 bits per heavy atom. The molecule has 9 nitrogen and oxygen atoms in total. The molecule has 0 heterocycles. The first-order valence-corrected chi connectivity index (χ1v) is 6.68. The van der Waals surface area contributed by atoms with Crippen molar-refractivity contribution in [2.75, 3.05) is 6.54 Å². The fourth-order valence-electron chi connectivity index (χ4n) is 1.43. The molecule has 130 valence electrons. The van der Waals surface area contributed by atoms with Crippen LogP contribution in [-0.4, -0.2) is 68.4 Å². The summed E-state index contributed by atoms with van der Waals surface area (Å²) >= 11 is 0. The summed E-state index contributed by atoms with van der Waals surface area (Å²) in [7, 11) is 0. The second-order valence-corrected chi connectivity index (χ2v) is 4.69. The average molecular weight is 330 g/mol. The Kier molecular flexibility index (Phi) is 9.90. The SMILES string of the molecule is NCC(N)C(O)C(O)C(O)O.O=C(O)C(=O)Cc1ccccc1. The molecule has 0 aromatic heterocycles. The van der Waals surface area contributed by atoms with E-state index >= 15 is 0 Å². The van der Waals surface area contributed by atoms with E-state index in [0.717, 1.165) is 5.56 Å². The third-order valence-electron chi connectivity index (χ3n) is 2.81. The van der Waals surface area contributed by atoms with E-state index in [1.54, 1.807) is 24.3 Å². The van der Waals surface area contributed by atoms with Gasteiger partial charge >= 0.3 is 5.97 Å². The highest BCUT2D eigenvalue weighted by Gasteiger charge is 2.27. The quantitative estimate of drug-likeness (QED) is 0.204. The minimum atomic E-state index is -2.00. The number of nitrogens with two attached hydrogens (primary N) is 2. The number of carboxylic acids is 1. The third kappa shape index (κ3) is 8.35. The summed E-state index contributed by atoms with van der Waals surface area (Å²) in [6, 6.07) is 7.94. The molecule has 0 bridgehead atoms. The number of benzene rings is 1. The first kappa shape index (κ1) is 21.1. The van der Waals surface area contributed by atoms with Crippen LogP contribution in [0.5, 0.6) is 0 Å². The molecule has 0 fully saturated rings. The number of Topliss-reactive ketones (excluding diaryl/α,β-unsaturated/α-hetero) is 1. The van der Waals surface area contributed by atoms with Crippen molar-refractivity contribution >= 4 is 11.8 Å². The van der Waals surface area contributed by atoms with Gasteiger partial charge in [0.25, 0.3) is 0 Å². The molecule has 0 aliphatic rings. The highest BCUT2D eigenvalue weighted by atomic mass is 16.5. The summed E-state index contributed by atoms with van der Waals surface area (Å²) < 4.78 is 0. The molecular formula is C14H22N2O7. The van der Waals surface area contributed by atoms with Gasteiger partial charge in [0, 0.05) is 19.0 Å². The highest BCUT2D eigenvalue weighted by molar-refractivity contribution is 6.33. The zero-order valence-electron chi connectivity index (χ0n) is 12.3. The lowest BCUT2D eigenvalue weighted by molar-refractivity contribution is -0.160. The number of carbonyl (C=O) groups is 2. The van der Waals surface area contributed by atoms with Gasteiger partial charge in [-0.3, -0.25) is 4.79 Å². The first-order valence-electron chi connectivity index (χ1n) is 6.68. The summed E-state index contributed by atoms with van der Waals surface area (Å²) in [5.41, 5.74) is 11.0. The van der Waals surface area contributed by atoms with Gasteiger partial charge in [0.2, 0.25) is 5.78 Å². The lowest BCUT2D eigenvalue weighted by atomic mass is 10.1. The zero-order chi connectivity index (χ0) is 18.0. The fraction of sp³-hybridized carbons (Fsp3) is 0.429. The smallest absolute Gasteiger partial charge is 0.372 e. The largest absolute Gasteiger partial charge is 0.475 e. The number of carbonyl (C=O) groups excluding carboxylic acids is 1. The number of rotatable bonds is 7. The third-order valence-corrected chi connectivity index (χ3v) is 2.81. The van der Waals surface area contributed by atoms with Crippen LogP contribution in [0, 0.1) is 0 Å². The number of hydrogen-bond acceptors (Lipinski definition) is 8. The number of hydrogen-bond donors (Lipinski definition) is 7. The summed E-state index contributed by atoms with van der Waals surface area (Å²) in [5.74, 6) is -2.15. The predicted molar refractivity (Wildman–Crippen MR) is 80.1 cm³/mol. The maximum atomic E-state index is 10.7. The number of aliphatic carboxylic acids is 1. The van der Waals surface area contributed by atoms with E-state index in [9.17, 15) is 9.59 Å². The first-order chi connectivity index (χ1) is 10.7. The normalized spacial score (nSPS) is 14.4. The minimum absolute atomic E-state index is 0.0316. The van der Waals surface area contributed by atoms with Gasteiger partial charge in [0.1, 0.15) is 12.2 Å². The molecule has 0 saturated carbocycles. The average Bonchev–Trinajstić information content (AvgIpc) is 2.53. The number of ketones is 1. The van der Waals surface area contributed by atoms with Crippen molar-refractivity contribution in [2.45, 2.75) is 31.0 Å². The highest BCUT2D eigenvalue weighted by Crippen LogP contribution is 2.00. The van der Waals surface area contributed by atoms with Crippen LogP contribution < -0.4 is 11.5 Å². The monoisotopic (exact) mass is 330 g/mol. The maximum absolute atomic E-state index is 10.7. The van der Waals surface area contributed by atoms with Gasteiger partial charge < -0.3 is 37.0 Å². The van der Waals surface area contributed by atoms with Gasteiger partial charge in [0.05, 0.1) is 0 Å². The minimum Gasteiger partial charge on any atom is -0.475 e. The van der Waals surface area contributed by atoms with Gasteiger partial charge in [-0.25, -0.2) is 4.79 Å². The van der Waals surface area contributed by atoms with Gasteiger partial charge in [0.15, 0.2) is 6.29 Å². The van der Waals surface area contributed by atoms with Crippen molar-refractivity contribution in [2.24, 2.45) is 11.5 Å². The van der Waals surface area contributed by atoms with Crippen molar-refractivity contribution in [3.8, 4) is 0 Å². The maximum Gasteiger partial charge on any atom is 0.372 e. The van der Waals surface area contributed by atoms with Gasteiger partial charge in [-0.2, -0.15) is 0 Å². The molecule has 9 N–H and O–H groups in total. The molecule has 3 unspecified atom stereocenters. The lowest BCUT2D eigenvalue weighted by Gasteiger charge is -2.23. The van der Waals surface area contributed by atoms with E-state index in [1.807, 2.05) is 6.07 Å². The molecular weight excluding hydrogens is 308 g/mol. The summed E-state index contributed by atoms with van der Waals surface area (Å²) in [6.07, 6.45) is -5.12. The topological polar surface area (TPSA) is 187 Å². The zero-order valence-corrected chi connectivity index (χ0v) is 12.3. The van der Waals surface area contributed by atoms with Crippen LogP contribution in [0.4, 0.5) is 0 Å². The van der Waals surface area contributed by atoms with Crippen molar-refractivity contribution in [3.63, 3.8) is 0 Å². The van der Waals surface area contributed by atoms with Crippen LogP contribution in [0.1, 0.15) is 5.56 Å². The van der Waals surface area contributed by atoms with E-state index in [1.165, 1.54) is 0 Å². The number of aliphatic hydroxyl groups is 4. The Morgan fingerprint density at radius 3 is 1.91 bits per heavy atom. The molecule has 1 aromatic rings. The second kappa shape index (κ2) is 10.8. The Balaban J connectivity index is 0.000000423. The predicted octanol–water partition coefficient (Wildman–Crippen LogP) is -2.81. The fourth-order valence-corrected chi connectivity index (χ4v) is 1.43. The van der Waals surface area contributed by atoms with Crippen molar-refractivity contribution in [3.05, 3.63) is 35.9 Å². The van der Waals surface area contributed by atoms with Crippen molar-refractivity contribution in [1.82, 2.24) is 0 Å². The molecule has 0 radical (unpaired) electrons. The second-order valence-electron chi connectivity index (χ2n) is 4.69. The molecule has 0 aliphatic carbocycles. The van der Waals surface area contributed by atoms with E-state index in [2.05, 4.69) is 0 Å². The van der Waals surface area contributed by atoms with Crippen LogP contribution >= 0.6 is 0 Å². The molecule has 1 aromatic carbocycles. The van der Waals surface area contributed by atoms with Crippen LogP contribution in [0.15, 0.2) is 30.3 Å².